The van der Waals surface area contributed by atoms with Crippen molar-refractivity contribution in [3.05, 3.63) is 24.3 Å². The fraction of sp³-hybridized carbons (Fsp3) is 0.891. The quantitative estimate of drug-likeness (QED) is 0.0268. The van der Waals surface area contributed by atoms with Crippen LogP contribution in [-0.4, -0.2) is 87.5 Å². The molecule has 0 radical (unpaired) electrons. The maximum Gasteiger partial charge on any atom is 0.220 e. The smallest absolute Gasteiger partial charge is 0.220 e. The highest BCUT2D eigenvalue weighted by Gasteiger charge is 2.44. The van der Waals surface area contributed by atoms with Gasteiger partial charge in [-0.25, -0.2) is 0 Å². The van der Waals surface area contributed by atoms with Crippen LogP contribution >= 0.6 is 0 Å². The van der Waals surface area contributed by atoms with Gasteiger partial charge in [-0.3, -0.25) is 4.79 Å². The molecule has 0 aromatic heterocycles. The number of carbonyl (C=O) groups excluding carboxylic acids is 1. The Morgan fingerprint density at radius 2 is 1.05 bits per heavy atom. The molecule has 7 unspecified atom stereocenters. The van der Waals surface area contributed by atoms with Gasteiger partial charge in [-0.05, 0) is 38.5 Å². The van der Waals surface area contributed by atoms with Crippen molar-refractivity contribution in [2.24, 2.45) is 0 Å². The Hall–Kier alpha value is -1.33. The number of rotatable bonds is 38. The van der Waals surface area contributed by atoms with Crippen molar-refractivity contribution in [1.29, 1.82) is 0 Å². The number of aliphatic hydroxyl groups is 5. The van der Waals surface area contributed by atoms with Crippen molar-refractivity contribution >= 4 is 5.91 Å². The monoisotopic (exact) mass is 782 g/mol. The fourth-order valence-corrected chi connectivity index (χ4v) is 7.28. The Labute approximate surface area is 337 Å². The summed E-state index contributed by atoms with van der Waals surface area (Å²) in [5.41, 5.74) is 0. The van der Waals surface area contributed by atoms with Crippen LogP contribution in [0.4, 0.5) is 0 Å². The predicted octanol–water partition coefficient (Wildman–Crippen LogP) is 9.50. The van der Waals surface area contributed by atoms with Crippen LogP contribution in [0.5, 0.6) is 0 Å². The highest BCUT2D eigenvalue weighted by Crippen LogP contribution is 2.23. The van der Waals surface area contributed by atoms with Gasteiger partial charge in [0.15, 0.2) is 6.29 Å². The average Bonchev–Trinajstić information content (AvgIpc) is 3.18. The standard InChI is InChI=1S/C46H87NO8/c1-3-5-7-9-11-13-15-17-18-19-20-21-22-24-26-28-30-32-34-36-42(50)47-39(38-54-46-45(53)44(52)43(51)41(37-48)55-46)40(49)35-33-31-29-27-25-23-16-14-12-10-8-6-4-2/h8,10,33,35,39-41,43-46,48-49,51-53H,3-7,9,11-32,34,36-38H2,1-2H3,(H,47,50). The predicted molar refractivity (Wildman–Crippen MR) is 226 cm³/mol. The molecule has 1 amide bonds. The molecular weight excluding hydrogens is 695 g/mol. The molecule has 0 aromatic carbocycles. The van der Waals surface area contributed by atoms with E-state index in [1.807, 2.05) is 6.08 Å². The third-order valence-corrected chi connectivity index (χ3v) is 11.0. The van der Waals surface area contributed by atoms with Crippen LogP contribution in [0.25, 0.3) is 0 Å². The first-order chi connectivity index (χ1) is 26.8. The molecular formula is C46H87NO8. The second-order valence-electron chi connectivity index (χ2n) is 16.2. The van der Waals surface area contributed by atoms with Crippen LogP contribution in [0.2, 0.25) is 0 Å². The number of ether oxygens (including phenoxy) is 2. The van der Waals surface area contributed by atoms with Gasteiger partial charge in [0, 0.05) is 6.42 Å². The normalized spacial score (nSPS) is 21.5. The first-order valence-electron chi connectivity index (χ1n) is 23.1. The van der Waals surface area contributed by atoms with Crippen molar-refractivity contribution in [3.63, 3.8) is 0 Å². The molecule has 7 atom stereocenters. The highest BCUT2D eigenvalue weighted by atomic mass is 16.7. The first kappa shape index (κ1) is 51.7. The SMILES string of the molecule is CCCC=CCCCCCCCCC=CC(O)C(COC1OC(CO)C(O)C(O)C1O)NC(=O)CCCCCCCCCCCCCCCCCCCCC. The summed E-state index contributed by atoms with van der Waals surface area (Å²) in [7, 11) is 0. The number of hydrogen-bond donors (Lipinski definition) is 6. The van der Waals surface area contributed by atoms with Crippen molar-refractivity contribution in [3.8, 4) is 0 Å². The van der Waals surface area contributed by atoms with Gasteiger partial charge in [0.2, 0.25) is 5.91 Å². The van der Waals surface area contributed by atoms with E-state index in [-0.39, 0.29) is 12.5 Å². The highest BCUT2D eigenvalue weighted by molar-refractivity contribution is 5.76. The number of hydrogen-bond acceptors (Lipinski definition) is 8. The summed E-state index contributed by atoms with van der Waals surface area (Å²) in [4.78, 5) is 12.9. The van der Waals surface area contributed by atoms with Crippen LogP contribution in [-0.2, 0) is 14.3 Å². The minimum absolute atomic E-state index is 0.178. The van der Waals surface area contributed by atoms with E-state index in [1.54, 1.807) is 6.08 Å². The lowest BCUT2D eigenvalue weighted by Crippen LogP contribution is -2.60. The molecule has 1 fully saturated rings. The van der Waals surface area contributed by atoms with E-state index >= 15 is 0 Å². The summed E-state index contributed by atoms with van der Waals surface area (Å²) in [6.07, 6.45) is 36.5. The molecule has 1 heterocycles. The Balaban J connectivity index is 2.32. The van der Waals surface area contributed by atoms with Crippen LogP contribution in [0.1, 0.15) is 206 Å². The van der Waals surface area contributed by atoms with Crippen molar-refractivity contribution in [1.82, 2.24) is 5.32 Å². The van der Waals surface area contributed by atoms with Gasteiger partial charge in [-0.1, -0.05) is 186 Å². The van der Waals surface area contributed by atoms with E-state index in [0.717, 1.165) is 44.9 Å². The van der Waals surface area contributed by atoms with E-state index < -0.39 is 49.5 Å². The molecule has 0 aromatic rings. The van der Waals surface area contributed by atoms with E-state index in [1.165, 1.54) is 141 Å². The Morgan fingerprint density at radius 3 is 1.55 bits per heavy atom. The summed E-state index contributed by atoms with van der Waals surface area (Å²) in [6, 6.07) is -0.803. The van der Waals surface area contributed by atoms with E-state index in [0.29, 0.717) is 6.42 Å². The molecule has 9 nitrogen and oxygen atoms in total. The number of nitrogens with one attached hydrogen (secondary N) is 1. The van der Waals surface area contributed by atoms with Gasteiger partial charge in [0.1, 0.15) is 24.4 Å². The summed E-state index contributed by atoms with van der Waals surface area (Å²) in [6.45, 7) is 3.72. The summed E-state index contributed by atoms with van der Waals surface area (Å²) < 4.78 is 11.2. The van der Waals surface area contributed by atoms with Crippen LogP contribution in [0.3, 0.4) is 0 Å². The zero-order valence-electron chi connectivity index (χ0n) is 35.4. The van der Waals surface area contributed by atoms with Crippen LogP contribution < -0.4 is 5.32 Å². The van der Waals surface area contributed by atoms with Crippen molar-refractivity contribution in [2.75, 3.05) is 13.2 Å². The summed E-state index contributed by atoms with van der Waals surface area (Å²) in [5, 5.41) is 54.1. The molecule has 9 heteroatoms. The van der Waals surface area contributed by atoms with E-state index in [9.17, 15) is 30.3 Å². The topological polar surface area (TPSA) is 149 Å². The molecule has 55 heavy (non-hydrogen) atoms. The zero-order valence-corrected chi connectivity index (χ0v) is 35.4. The number of amides is 1. The lowest BCUT2D eigenvalue weighted by atomic mass is 9.99. The fourth-order valence-electron chi connectivity index (χ4n) is 7.28. The molecule has 0 bridgehead atoms. The average molecular weight is 782 g/mol. The van der Waals surface area contributed by atoms with Crippen LogP contribution in [0, 0.1) is 0 Å². The van der Waals surface area contributed by atoms with Crippen molar-refractivity contribution < 1.29 is 39.8 Å². The minimum atomic E-state index is -1.56. The first-order valence-corrected chi connectivity index (χ1v) is 23.1. The van der Waals surface area contributed by atoms with Gasteiger partial charge < -0.3 is 40.3 Å². The van der Waals surface area contributed by atoms with Gasteiger partial charge in [-0.2, -0.15) is 0 Å². The second kappa shape index (κ2) is 37.0. The molecule has 1 aliphatic rings. The number of aliphatic hydroxyl groups excluding tert-OH is 5. The molecule has 1 aliphatic heterocycles. The van der Waals surface area contributed by atoms with Gasteiger partial charge in [-0.15, -0.1) is 0 Å². The van der Waals surface area contributed by atoms with E-state index in [2.05, 4.69) is 31.3 Å². The molecule has 1 rings (SSSR count). The molecule has 6 N–H and O–H groups in total. The zero-order chi connectivity index (χ0) is 40.2. The molecule has 324 valence electrons. The van der Waals surface area contributed by atoms with Gasteiger partial charge in [0.05, 0.1) is 25.4 Å². The number of allylic oxidation sites excluding steroid dienone is 3. The molecule has 0 aliphatic carbocycles. The summed E-state index contributed by atoms with van der Waals surface area (Å²) >= 11 is 0. The molecule has 0 spiro atoms. The second-order valence-corrected chi connectivity index (χ2v) is 16.2. The lowest BCUT2D eigenvalue weighted by Gasteiger charge is -2.40. The lowest BCUT2D eigenvalue weighted by molar-refractivity contribution is -0.302. The largest absolute Gasteiger partial charge is 0.394 e. The maximum absolute atomic E-state index is 12.9. The Morgan fingerprint density at radius 1 is 0.600 bits per heavy atom. The number of carbonyl (C=O) groups is 1. The Kier molecular flexibility index (Phi) is 34.7. The van der Waals surface area contributed by atoms with Gasteiger partial charge in [0.25, 0.3) is 0 Å². The third-order valence-electron chi connectivity index (χ3n) is 11.0. The summed E-state index contributed by atoms with van der Waals surface area (Å²) in [5.74, 6) is -0.178. The molecule has 1 saturated heterocycles. The van der Waals surface area contributed by atoms with Gasteiger partial charge >= 0.3 is 0 Å². The van der Waals surface area contributed by atoms with Crippen LogP contribution in [0.15, 0.2) is 24.3 Å². The van der Waals surface area contributed by atoms with E-state index in [4.69, 9.17) is 9.47 Å². The van der Waals surface area contributed by atoms with Crippen molar-refractivity contribution in [2.45, 2.75) is 249 Å². The number of unbranched alkanes of at least 4 members (excludes halogenated alkanes) is 26. The molecule has 0 saturated carbocycles. The third kappa shape index (κ3) is 27.9. The maximum atomic E-state index is 12.9. The minimum Gasteiger partial charge on any atom is -0.394 e. The Bertz CT molecular complexity index is 914.